The van der Waals surface area contributed by atoms with E-state index in [0.717, 1.165) is 38.8 Å². The smallest absolute Gasteiger partial charge is 0.228 e. The Morgan fingerprint density at radius 2 is 1.52 bits per heavy atom. The van der Waals surface area contributed by atoms with Crippen molar-refractivity contribution in [3.63, 3.8) is 0 Å². The molecule has 9 nitrogen and oxygen atoms in total. The summed E-state index contributed by atoms with van der Waals surface area (Å²) in [6, 6.07) is 24.2. The number of aromatic nitrogens is 4. The van der Waals surface area contributed by atoms with E-state index in [2.05, 4.69) is 24.3 Å². The van der Waals surface area contributed by atoms with Crippen molar-refractivity contribution in [2.45, 2.75) is 12.3 Å². The lowest BCUT2D eigenvalue weighted by molar-refractivity contribution is 0.354. The fourth-order valence-corrected chi connectivity index (χ4v) is 5.72. The van der Waals surface area contributed by atoms with E-state index in [1.807, 2.05) is 48.5 Å². The highest BCUT2D eigenvalue weighted by atomic mass is 16.5. The number of benzene rings is 4. The van der Waals surface area contributed by atoms with Crippen molar-refractivity contribution in [2.24, 2.45) is 0 Å². The number of hydrogen-bond donors (Lipinski definition) is 0. The van der Waals surface area contributed by atoms with Gasteiger partial charge in [-0.05, 0) is 40.8 Å². The number of ether oxygens (including phenoxy) is 5. The molecule has 0 radical (unpaired) electrons. The van der Waals surface area contributed by atoms with E-state index in [0.29, 0.717) is 46.8 Å². The van der Waals surface area contributed by atoms with Gasteiger partial charge in [-0.1, -0.05) is 48.5 Å². The maximum atomic E-state index is 6.56. The first-order valence-corrected chi connectivity index (χ1v) is 13.5. The summed E-state index contributed by atoms with van der Waals surface area (Å²) >= 11 is 0. The molecular formula is C33H28N4O5. The van der Waals surface area contributed by atoms with E-state index in [4.69, 9.17) is 38.8 Å². The fourth-order valence-electron chi connectivity index (χ4n) is 5.72. The molecule has 4 aromatic carbocycles. The standard InChI is InChI=1S/C33H28N4O5/c1-38-24-13-9-19(15-26(24)40-3)16-28-35-32-30-29(21-11-14-25(39-2)27(17-21)41-4)23-12-10-20-7-5-6-8-22(20)31(23)42-33(30)34-18-37(32)36-28/h5-15,17-18,29H,16H2,1-4H3/t29-/m0/s1. The molecule has 0 saturated carbocycles. The predicted molar refractivity (Wildman–Crippen MR) is 158 cm³/mol. The van der Waals surface area contributed by atoms with Crippen LogP contribution in [-0.4, -0.2) is 48.0 Å². The van der Waals surface area contributed by atoms with Gasteiger partial charge in [0.2, 0.25) is 5.88 Å². The van der Waals surface area contributed by atoms with Crippen LogP contribution >= 0.6 is 0 Å². The van der Waals surface area contributed by atoms with Gasteiger partial charge in [-0.25, -0.2) is 14.5 Å². The molecule has 42 heavy (non-hydrogen) atoms. The topological polar surface area (TPSA) is 89.2 Å². The van der Waals surface area contributed by atoms with Gasteiger partial charge >= 0.3 is 0 Å². The minimum absolute atomic E-state index is 0.248. The van der Waals surface area contributed by atoms with Crippen LogP contribution in [0.5, 0.6) is 34.6 Å². The zero-order valence-electron chi connectivity index (χ0n) is 23.6. The van der Waals surface area contributed by atoms with Crippen LogP contribution in [0.1, 0.15) is 34.0 Å². The maximum absolute atomic E-state index is 6.56. The molecule has 0 amide bonds. The Balaban J connectivity index is 1.41. The molecule has 0 unspecified atom stereocenters. The quantitative estimate of drug-likeness (QED) is 0.228. The number of hydrogen-bond acceptors (Lipinski definition) is 8. The van der Waals surface area contributed by atoms with Gasteiger partial charge in [-0.2, -0.15) is 0 Å². The number of methoxy groups -OCH3 is 4. The monoisotopic (exact) mass is 560 g/mol. The summed E-state index contributed by atoms with van der Waals surface area (Å²) in [5, 5.41) is 6.89. The first-order valence-electron chi connectivity index (χ1n) is 13.5. The van der Waals surface area contributed by atoms with Crippen LogP contribution in [0.25, 0.3) is 16.4 Å². The van der Waals surface area contributed by atoms with Crippen molar-refractivity contribution in [1.82, 2.24) is 19.6 Å². The minimum atomic E-state index is -0.248. The molecule has 0 saturated heterocycles. The molecule has 2 aromatic heterocycles. The largest absolute Gasteiger partial charge is 0.493 e. The third-order valence-electron chi connectivity index (χ3n) is 7.69. The molecule has 6 aromatic rings. The molecule has 210 valence electrons. The summed E-state index contributed by atoms with van der Waals surface area (Å²) in [5.41, 5.74) is 4.50. The van der Waals surface area contributed by atoms with Gasteiger partial charge in [0, 0.05) is 23.3 Å². The normalized spacial score (nSPS) is 13.8. The molecule has 9 heteroatoms. The Morgan fingerprint density at radius 3 is 2.31 bits per heavy atom. The number of fused-ring (bicyclic) bond motifs is 6. The van der Waals surface area contributed by atoms with Crippen molar-refractivity contribution in [2.75, 3.05) is 28.4 Å². The van der Waals surface area contributed by atoms with Crippen molar-refractivity contribution in [3.8, 4) is 34.6 Å². The second-order valence-electron chi connectivity index (χ2n) is 9.98. The Hall–Kier alpha value is -5.31. The second kappa shape index (κ2) is 10.3. The lowest BCUT2D eigenvalue weighted by Crippen LogP contribution is -2.15. The van der Waals surface area contributed by atoms with E-state index < -0.39 is 0 Å². The number of nitrogens with zero attached hydrogens (tertiary/aromatic N) is 4. The average Bonchev–Trinajstić information content (AvgIpc) is 3.45. The van der Waals surface area contributed by atoms with Gasteiger partial charge in [-0.15, -0.1) is 5.10 Å². The van der Waals surface area contributed by atoms with Crippen molar-refractivity contribution >= 4 is 16.4 Å². The zero-order chi connectivity index (χ0) is 28.8. The third-order valence-corrected chi connectivity index (χ3v) is 7.69. The van der Waals surface area contributed by atoms with Gasteiger partial charge in [0.25, 0.3) is 0 Å². The molecule has 1 aliphatic heterocycles. The van der Waals surface area contributed by atoms with Gasteiger partial charge in [0.15, 0.2) is 34.5 Å². The molecule has 0 aliphatic carbocycles. The average molecular weight is 561 g/mol. The van der Waals surface area contributed by atoms with Crippen molar-refractivity contribution in [1.29, 1.82) is 0 Å². The summed E-state index contributed by atoms with van der Waals surface area (Å²) in [6.45, 7) is 0. The predicted octanol–water partition coefficient (Wildman–Crippen LogP) is 6.19. The number of rotatable bonds is 7. The maximum Gasteiger partial charge on any atom is 0.228 e. The van der Waals surface area contributed by atoms with Crippen molar-refractivity contribution in [3.05, 3.63) is 107 Å². The van der Waals surface area contributed by atoms with Crippen LogP contribution in [0, 0.1) is 0 Å². The molecule has 0 spiro atoms. The summed E-state index contributed by atoms with van der Waals surface area (Å²) in [5.74, 6) is 4.30. The Labute approximate surface area is 242 Å². The molecule has 3 heterocycles. The fraction of sp³-hybridized carbons (Fsp3) is 0.182. The summed E-state index contributed by atoms with van der Waals surface area (Å²) in [7, 11) is 6.51. The van der Waals surface area contributed by atoms with Crippen LogP contribution in [0.4, 0.5) is 0 Å². The van der Waals surface area contributed by atoms with Crippen LogP contribution in [0.2, 0.25) is 0 Å². The molecule has 7 rings (SSSR count). The van der Waals surface area contributed by atoms with Crippen LogP contribution in [0.15, 0.2) is 79.1 Å². The van der Waals surface area contributed by atoms with E-state index in [9.17, 15) is 0 Å². The highest BCUT2D eigenvalue weighted by Crippen LogP contribution is 2.51. The Kier molecular flexibility index (Phi) is 6.27. The van der Waals surface area contributed by atoms with Crippen LogP contribution in [-0.2, 0) is 6.42 Å². The van der Waals surface area contributed by atoms with Gasteiger partial charge in [0.05, 0.1) is 34.0 Å². The Bertz CT molecular complexity index is 1970. The van der Waals surface area contributed by atoms with Gasteiger partial charge in [-0.3, -0.25) is 0 Å². The second-order valence-corrected chi connectivity index (χ2v) is 9.98. The highest BCUT2D eigenvalue weighted by molar-refractivity contribution is 5.91. The van der Waals surface area contributed by atoms with Crippen LogP contribution < -0.4 is 23.7 Å². The minimum Gasteiger partial charge on any atom is -0.493 e. The van der Waals surface area contributed by atoms with E-state index >= 15 is 0 Å². The zero-order valence-corrected chi connectivity index (χ0v) is 23.6. The van der Waals surface area contributed by atoms with E-state index in [-0.39, 0.29) is 5.92 Å². The third kappa shape index (κ3) is 4.13. The molecule has 1 aliphatic rings. The lowest BCUT2D eigenvalue weighted by Gasteiger charge is -2.29. The molecule has 1 atom stereocenters. The van der Waals surface area contributed by atoms with Gasteiger partial charge < -0.3 is 23.7 Å². The SMILES string of the molecule is COc1ccc(Cc2nc3c4c(ncn3n2)Oc2c(ccc3ccccc23)[C@@H]4c2ccc(OC)c(OC)c2)cc1OC. The Morgan fingerprint density at radius 1 is 0.786 bits per heavy atom. The summed E-state index contributed by atoms with van der Waals surface area (Å²) < 4.78 is 30.4. The van der Waals surface area contributed by atoms with E-state index in [1.54, 1.807) is 39.3 Å². The van der Waals surface area contributed by atoms with Gasteiger partial charge in [0.1, 0.15) is 12.1 Å². The highest BCUT2D eigenvalue weighted by Gasteiger charge is 2.34. The molecule has 0 N–H and O–H groups in total. The molecular weight excluding hydrogens is 532 g/mol. The van der Waals surface area contributed by atoms with E-state index in [1.165, 1.54) is 0 Å². The first kappa shape index (κ1) is 25.6. The van der Waals surface area contributed by atoms with Crippen LogP contribution in [0.3, 0.4) is 0 Å². The first-order chi connectivity index (χ1) is 20.6. The summed E-state index contributed by atoms with van der Waals surface area (Å²) in [6.07, 6.45) is 2.15. The molecule has 0 bridgehead atoms. The summed E-state index contributed by atoms with van der Waals surface area (Å²) in [4.78, 5) is 9.73. The lowest BCUT2D eigenvalue weighted by atomic mass is 9.82. The molecule has 0 fully saturated rings. The van der Waals surface area contributed by atoms with Crippen molar-refractivity contribution < 1.29 is 23.7 Å².